The van der Waals surface area contributed by atoms with Gasteiger partial charge in [0.1, 0.15) is 27.9 Å². The molecule has 6 aromatic carbocycles. The molecule has 0 saturated carbocycles. The summed E-state index contributed by atoms with van der Waals surface area (Å²) >= 11 is 0. The van der Waals surface area contributed by atoms with Crippen LogP contribution in [0.3, 0.4) is 0 Å². The van der Waals surface area contributed by atoms with Crippen LogP contribution >= 0.6 is 0 Å². The Morgan fingerprint density at radius 3 is 0.982 bits per heavy atom. The summed E-state index contributed by atoms with van der Waals surface area (Å²) in [5.74, 6) is -7.69. The number of rotatable bonds is 19. The molecule has 6 aromatic heterocycles. The van der Waals surface area contributed by atoms with E-state index in [2.05, 4.69) is 50.5 Å². The monoisotopic (exact) mass is 1490 g/mol. The summed E-state index contributed by atoms with van der Waals surface area (Å²) in [6, 6.07) is 56.3. The summed E-state index contributed by atoms with van der Waals surface area (Å²) in [6.45, 7) is 0.168. The van der Waals surface area contributed by atoms with Gasteiger partial charge in [0.15, 0.2) is 5.69 Å². The highest BCUT2D eigenvalue weighted by Gasteiger charge is 2.36. The smallest absolute Gasteiger partial charge is 0.382 e. The second-order valence-corrected chi connectivity index (χ2v) is 24.1. The summed E-state index contributed by atoms with van der Waals surface area (Å²) in [6.07, 6.45) is 4.69. The molecule has 0 bridgehead atoms. The number of carbonyl (C=O) groups excluding carboxylic acids is 10. The minimum atomic E-state index is -0.978. The zero-order valence-electron chi connectivity index (χ0n) is 58.2. The maximum absolute atomic E-state index is 13.3. The van der Waals surface area contributed by atoms with E-state index in [4.69, 9.17) is 35.8 Å². The number of aliphatic carboxylic acids is 2. The predicted molar refractivity (Wildman–Crippen MR) is 394 cm³/mol. The van der Waals surface area contributed by atoms with Crippen molar-refractivity contribution in [3.05, 3.63) is 218 Å². The Morgan fingerprint density at radius 2 is 0.682 bits per heavy atom. The molecule has 15 rings (SSSR count). The largest absolute Gasteiger partial charge is 0.481 e. The van der Waals surface area contributed by atoms with Crippen LogP contribution in [-0.2, 0) is 52.8 Å². The zero-order valence-corrected chi connectivity index (χ0v) is 58.2. The SMILES string of the molecule is NCCC(=O)O.O=C(CCNC(=O)c1nc(-c2ccccc2)c2[nH]cnc2c1-c1ccccc1)ON1C(=O)CCC1=O.O=C(O)CCNC(=O)c1nc(-c2ccccc2)c2[nH]cnc2c1-c1ccccc1.O=C(ON1C(=O)CCC1=O)c1nc(-c2ccccc2)c2[nH]cnc2c1-c1ccccc1.O=C1CCC(=O)N1O. The molecule has 0 atom stereocenters. The Bertz CT molecular complexity index is 5390. The van der Waals surface area contributed by atoms with E-state index in [-0.39, 0.29) is 99.6 Å². The van der Waals surface area contributed by atoms with Gasteiger partial charge in [-0.25, -0.2) is 39.5 Å². The number of fused-ring (bicyclic) bond motifs is 3. The van der Waals surface area contributed by atoms with E-state index in [0.29, 0.717) is 77.0 Å². The number of carboxylic acids is 2. The quantitative estimate of drug-likeness (QED) is 0.0269. The first-order chi connectivity index (χ1) is 53.3. The summed E-state index contributed by atoms with van der Waals surface area (Å²) in [4.78, 5) is 186. The molecule has 12 aromatic rings. The minimum Gasteiger partial charge on any atom is -0.481 e. The van der Waals surface area contributed by atoms with Gasteiger partial charge in [0.25, 0.3) is 47.3 Å². The van der Waals surface area contributed by atoms with Crippen LogP contribution in [0.25, 0.3) is 100 Å². The molecular weight excluding hydrogens is 1420 g/mol. The number of nitrogens with one attached hydrogen (secondary N) is 5. The van der Waals surface area contributed by atoms with E-state index >= 15 is 0 Å². The summed E-state index contributed by atoms with van der Waals surface area (Å²) in [5, 5.41) is 31.6. The van der Waals surface area contributed by atoms with Gasteiger partial charge in [0.2, 0.25) is 0 Å². The number of amides is 8. The molecule has 3 saturated heterocycles. The Balaban J connectivity index is 0.000000151. The highest BCUT2D eigenvalue weighted by molar-refractivity contribution is 6.13. The van der Waals surface area contributed by atoms with Crippen molar-refractivity contribution in [3.63, 3.8) is 0 Å². The van der Waals surface area contributed by atoms with Gasteiger partial charge in [-0.1, -0.05) is 182 Å². The van der Waals surface area contributed by atoms with E-state index in [9.17, 15) is 57.5 Å². The molecule has 3 aliphatic rings. The number of pyridine rings is 3. The van der Waals surface area contributed by atoms with Crippen LogP contribution in [0.1, 0.15) is 89.3 Å². The molecule has 32 heteroatoms. The van der Waals surface area contributed by atoms with Gasteiger partial charge in [-0.05, 0) is 16.7 Å². The van der Waals surface area contributed by atoms with Crippen LogP contribution in [-0.4, -0.2) is 166 Å². The first-order valence-corrected chi connectivity index (χ1v) is 34.1. The number of aromatic amines is 3. The summed E-state index contributed by atoms with van der Waals surface area (Å²) in [5.41, 5.74) is 17.0. The van der Waals surface area contributed by atoms with Crippen LogP contribution in [0.5, 0.6) is 0 Å². The maximum atomic E-state index is 13.3. The Morgan fingerprint density at radius 1 is 0.391 bits per heavy atom. The van der Waals surface area contributed by atoms with Crippen molar-refractivity contribution >= 4 is 104 Å². The van der Waals surface area contributed by atoms with Crippen molar-refractivity contribution in [2.24, 2.45) is 5.73 Å². The maximum Gasteiger partial charge on any atom is 0.382 e. The standard InChI is InChI=1S/C26H21N5O5.C23H16N4O4.C22H18N4O3.C4H5NO3.C3H7NO2/c32-18-11-12-19(33)31(18)36-20(34)13-14-27-26(35)24-21(16-7-3-1-4-8-16)23-25(29-15-28-23)22(30-24)17-9-5-2-6-10-17;28-16-11-12-17(29)27(16)31-23(30)21-18(14-7-3-1-4-8-14)20-22(25-13-24-20)19(26-21)15-9-5-2-6-10-15;27-16(28)11-12-23-22(29)20-17(14-7-3-1-4-8-14)19-21(25-13-24-19)18(26-20)15-9-5-2-6-10-15;6-3-1-2-4(7)5(3)8;4-2-1-3(5)6/h1-10,15H,11-14H2,(H,27,35)(H,28,29);1-10,13H,11-12H2,(H,24,25);1-10,13H,11-12H2,(H,23,29)(H,24,25)(H,27,28);8H,1-2H2;1-2,4H2,(H,5,6). The molecule has 556 valence electrons. The highest BCUT2D eigenvalue weighted by Crippen LogP contribution is 2.39. The van der Waals surface area contributed by atoms with Crippen LogP contribution in [0.15, 0.2) is 201 Å². The number of nitrogens with zero attached hydrogens (tertiary/aromatic N) is 9. The summed E-state index contributed by atoms with van der Waals surface area (Å²) < 4.78 is 0. The Hall–Kier alpha value is -14.7. The van der Waals surface area contributed by atoms with Crippen LogP contribution in [0.4, 0.5) is 0 Å². The number of benzene rings is 6. The van der Waals surface area contributed by atoms with Crippen molar-refractivity contribution in [2.45, 2.75) is 57.8 Å². The molecule has 0 aliphatic carbocycles. The van der Waals surface area contributed by atoms with Gasteiger partial charge in [0, 0.05) is 91.5 Å². The number of carbonyl (C=O) groups is 12. The molecular formula is C78H67N15O17. The van der Waals surface area contributed by atoms with Gasteiger partial charge in [0.05, 0.1) is 71.9 Å². The number of nitrogens with two attached hydrogens (primary N) is 1. The van der Waals surface area contributed by atoms with Crippen LogP contribution in [0.2, 0.25) is 0 Å². The Labute approximate surface area is 623 Å². The van der Waals surface area contributed by atoms with Crippen molar-refractivity contribution < 1.29 is 82.6 Å². The molecule has 10 N–H and O–H groups in total. The van der Waals surface area contributed by atoms with Crippen LogP contribution in [0, 0.1) is 0 Å². The second kappa shape index (κ2) is 35.9. The fourth-order valence-electron chi connectivity index (χ4n) is 11.5. The van der Waals surface area contributed by atoms with Gasteiger partial charge in [-0.15, -0.1) is 10.1 Å². The number of hydrogen-bond donors (Lipinski definition) is 9. The zero-order chi connectivity index (χ0) is 77.8. The normalized spacial score (nSPS) is 13.0. The molecule has 3 fully saturated rings. The van der Waals surface area contributed by atoms with Crippen molar-refractivity contribution in [1.29, 1.82) is 0 Å². The lowest BCUT2D eigenvalue weighted by atomic mass is 9.99. The first kappa shape index (κ1) is 76.5. The third-order valence-corrected chi connectivity index (χ3v) is 16.7. The van der Waals surface area contributed by atoms with Crippen molar-refractivity contribution in [3.8, 4) is 67.2 Å². The van der Waals surface area contributed by atoms with Gasteiger partial charge >= 0.3 is 23.9 Å². The fraction of sp³-hybridized carbons (Fsp3) is 0.154. The second-order valence-electron chi connectivity index (χ2n) is 24.1. The lowest BCUT2D eigenvalue weighted by Crippen LogP contribution is -2.34. The fourth-order valence-corrected chi connectivity index (χ4v) is 11.5. The lowest BCUT2D eigenvalue weighted by Gasteiger charge is -2.16. The molecule has 0 radical (unpaired) electrons. The number of imidazole rings is 3. The minimum absolute atomic E-state index is 0.0101. The highest BCUT2D eigenvalue weighted by atomic mass is 16.7. The third-order valence-electron chi connectivity index (χ3n) is 16.7. The number of aromatic nitrogens is 9. The third kappa shape index (κ3) is 18.2. The molecule has 32 nitrogen and oxygen atoms in total. The number of H-pyrrole nitrogens is 3. The number of hydrogen-bond acceptors (Lipinski definition) is 22. The number of imide groups is 3. The van der Waals surface area contributed by atoms with E-state index in [1.54, 1.807) is 12.7 Å². The predicted octanol–water partition coefficient (Wildman–Crippen LogP) is 8.97. The van der Waals surface area contributed by atoms with Crippen LogP contribution < -0.4 is 16.4 Å². The first-order valence-electron chi connectivity index (χ1n) is 34.1. The topological polar surface area (TPSA) is 468 Å². The lowest BCUT2D eigenvalue weighted by molar-refractivity contribution is -0.197. The Kier molecular flexibility index (Phi) is 24.9. The van der Waals surface area contributed by atoms with Gasteiger partial charge < -0.3 is 51.2 Å². The molecule has 8 amide bonds. The molecule has 0 spiro atoms. The van der Waals surface area contributed by atoms with E-state index in [0.717, 1.165) is 33.3 Å². The van der Waals surface area contributed by atoms with Crippen molar-refractivity contribution in [2.75, 3.05) is 19.6 Å². The van der Waals surface area contributed by atoms with E-state index in [1.165, 1.54) is 6.33 Å². The average Bonchev–Trinajstić information content (AvgIpc) is 1.48. The van der Waals surface area contributed by atoms with Gasteiger partial charge in [-0.2, -0.15) is 5.06 Å². The molecule has 110 heavy (non-hydrogen) atoms. The molecule has 0 unspecified atom stereocenters. The van der Waals surface area contributed by atoms with E-state index < -0.39 is 71.1 Å². The molecule has 3 aliphatic heterocycles. The van der Waals surface area contributed by atoms with E-state index in [1.807, 2.05) is 182 Å². The van der Waals surface area contributed by atoms with Crippen molar-refractivity contribution in [1.82, 2.24) is 70.7 Å². The van der Waals surface area contributed by atoms with Gasteiger partial charge in [-0.3, -0.25) is 53.2 Å². The summed E-state index contributed by atoms with van der Waals surface area (Å²) in [7, 11) is 0. The number of hydroxylamine groups is 6. The molecule has 9 heterocycles. The average molecular weight is 1490 g/mol. The number of carboxylic acid groups (broad SMARTS) is 2.